The molecular formula is C17H20N4O3. The fourth-order valence-electron chi connectivity index (χ4n) is 2.69. The van der Waals surface area contributed by atoms with Crippen LogP contribution in [-0.4, -0.2) is 40.8 Å². The quantitative estimate of drug-likeness (QED) is 0.864. The number of fused-ring (bicyclic) bond motifs is 1. The number of anilines is 1. The summed E-state index contributed by atoms with van der Waals surface area (Å²) in [5.74, 6) is 0.446. The molecule has 2 heterocycles. The molecule has 0 saturated carbocycles. The van der Waals surface area contributed by atoms with E-state index in [1.807, 2.05) is 43.5 Å². The second-order valence-electron chi connectivity index (χ2n) is 5.75. The molecule has 1 aromatic carbocycles. The molecule has 24 heavy (non-hydrogen) atoms. The molecule has 1 N–H and O–H groups in total. The molecule has 1 aromatic heterocycles. The summed E-state index contributed by atoms with van der Waals surface area (Å²) in [6, 6.07) is 9.16. The van der Waals surface area contributed by atoms with Crippen molar-refractivity contribution in [3.63, 3.8) is 0 Å². The van der Waals surface area contributed by atoms with Gasteiger partial charge in [-0.1, -0.05) is 12.1 Å². The smallest absolute Gasteiger partial charge is 0.265 e. The van der Waals surface area contributed by atoms with Gasteiger partial charge in [0, 0.05) is 31.4 Å². The van der Waals surface area contributed by atoms with Crippen molar-refractivity contribution in [2.24, 2.45) is 0 Å². The maximum Gasteiger partial charge on any atom is 0.265 e. The van der Waals surface area contributed by atoms with Crippen LogP contribution in [0.5, 0.6) is 5.75 Å². The largest absolute Gasteiger partial charge is 0.482 e. The van der Waals surface area contributed by atoms with E-state index < -0.39 is 0 Å². The van der Waals surface area contributed by atoms with Gasteiger partial charge >= 0.3 is 0 Å². The summed E-state index contributed by atoms with van der Waals surface area (Å²) in [5, 5.41) is 7.04. The zero-order valence-corrected chi connectivity index (χ0v) is 13.5. The molecule has 0 spiro atoms. The Morgan fingerprint density at radius 1 is 1.38 bits per heavy atom. The standard InChI is InChI=1S/C17H20N4O3/c1-13(11-20-9-4-8-18-20)19-16(22)7-10-21-14-5-2-3-6-15(14)24-12-17(21)23/h2-6,8-9,13H,7,10-12H2,1H3,(H,19,22)/t13-/m0/s1. The lowest BCUT2D eigenvalue weighted by atomic mass is 10.2. The molecule has 7 heteroatoms. The normalized spacial score (nSPS) is 14.7. The number of nitrogens with one attached hydrogen (secondary N) is 1. The number of hydrogen-bond acceptors (Lipinski definition) is 4. The number of carbonyl (C=O) groups excluding carboxylic acids is 2. The van der Waals surface area contributed by atoms with Crippen LogP contribution in [-0.2, 0) is 16.1 Å². The van der Waals surface area contributed by atoms with Gasteiger partial charge in [0.1, 0.15) is 5.75 Å². The number of carbonyl (C=O) groups is 2. The SMILES string of the molecule is C[C@@H](Cn1cccn1)NC(=O)CCN1C(=O)COc2ccccc21. The van der Waals surface area contributed by atoms with Crippen molar-refractivity contribution in [2.45, 2.75) is 25.9 Å². The highest BCUT2D eigenvalue weighted by Crippen LogP contribution is 2.31. The minimum atomic E-state index is -0.133. The summed E-state index contributed by atoms with van der Waals surface area (Å²) in [5.41, 5.74) is 0.714. The van der Waals surface area contributed by atoms with E-state index >= 15 is 0 Å². The third kappa shape index (κ3) is 3.73. The van der Waals surface area contributed by atoms with Crippen molar-refractivity contribution in [3.05, 3.63) is 42.7 Å². The molecule has 3 rings (SSSR count). The lowest BCUT2D eigenvalue weighted by molar-refractivity contribution is -0.122. The van der Waals surface area contributed by atoms with E-state index in [1.54, 1.807) is 15.8 Å². The fraction of sp³-hybridized carbons (Fsp3) is 0.353. The summed E-state index contributed by atoms with van der Waals surface area (Å²) in [7, 11) is 0. The minimum absolute atomic E-state index is 0.00827. The number of ether oxygens (including phenoxy) is 1. The lowest BCUT2D eigenvalue weighted by Gasteiger charge is -2.29. The predicted octanol–water partition coefficient (Wildman–Crippen LogP) is 1.20. The zero-order valence-electron chi connectivity index (χ0n) is 13.5. The second-order valence-corrected chi connectivity index (χ2v) is 5.75. The molecule has 126 valence electrons. The first kappa shape index (κ1) is 16.0. The van der Waals surface area contributed by atoms with E-state index in [-0.39, 0.29) is 30.9 Å². The van der Waals surface area contributed by atoms with Crippen LogP contribution in [0.4, 0.5) is 5.69 Å². The Labute approximate surface area is 140 Å². The van der Waals surface area contributed by atoms with Crippen molar-refractivity contribution in [1.29, 1.82) is 0 Å². The maximum absolute atomic E-state index is 12.1. The van der Waals surface area contributed by atoms with Crippen LogP contribution in [0.1, 0.15) is 13.3 Å². The monoisotopic (exact) mass is 328 g/mol. The molecule has 0 saturated heterocycles. The van der Waals surface area contributed by atoms with E-state index in [1.165, 1.54) is 0 Å². The molecule has 0 unspecified atom stereocenters. The first-order valence-electron chi connectivity index (χ1n) is 7.92. The summed E-state index contributed by atoms with van der Waals surface area (Å²) >= 11 is 0. The Balaban J connectivity index is 1.53. The van der Waals surface area contributed by atoms with Crippen LogP contribution in [0.2, 0.25) is 0 Å². The van der Waals surface area contributed by atoms with Crippen molar-refractivity contribution in [3.8, 4) is 5.75 Å². The van der Waals surface area contributed by atoms with E-state index in [0.29, 0.717) is 24.5 Å². The number of hydrogen-bond donors (Lipinski definition) is 1. The molecule has 2 amide bonds. The van der Waals surface area contributed by atoms with E-state index in [4.69, 9.17) is 4.74 Å². The highest BCUT2D eigenvalue weighted by Gasteiger charge is 2.25. The van der Waals surface area contributed by atoms with Gasteiger partial charge in [0.2, 0.25) is 5.91 Å². The van der Waals surface area contributed by atoms with Crippen LogP contribution < -0.4 is 15.0 Å². The van der Waals surface area contributed by atoms with Gasteiger partial charge in [-0.05, 0) is 25.1 Å². The maximum atomic E-state index is 12.1. The molecular weight excluding hydrogens is 308 g/mol. The molecule has 2 aromatic rings. The highest BCUT2D eigenvalue weighted by atomic mass is 16.5. The Hall–Kier alpha value is -2.83. The Morgan fingerprint density at radius 3 is 3.00 bits per heavy atom. The first-order valence-corrected chi connectivity index (χ1v) is 7.92. The fourth-order valence-corrected chi connectivity index (χ4v) is 2.69. The van der Waals surface area contributed by atoms with Crippen LogP contribution in [0.15, 0.2) is 42.7 Å². The summed E-state index contributed by atoms with van der Waals surface area (Å²) < 4.78 is 7.17. The molecule has 0 bridgehead atoms. The van der Waals surface area contributed by atoms with Gasteiger partial charge in [0.05, 0.1) is 12.2 Å². The highest BCUT2D eigenvalue weighted by molar-refractivity contribution is 5.98. The molecule has 0 fully saturated rings. The molecule has 1 atom stereocenters. The molecule has 7 nitrogen and oxygen atoms in total. The van der Waals surface area contributed by atoms with Crippen LogP contribution in [0.3, 0.4) is 0 Å². The number of para-hydroxylation sites is 2. The van der Waals surface area contributed by atoms with E-state index in [9.17, 15) is 9.59 Å². The van der Waals surface area contributed by atoms with E-state index in [0.717, 1.165) is 0 Å². The number of nitrogens with zero attached hydrogens (tertiary/aromatic N) is 3. The van der Waals surface area contributed by atoms with Gasteiger partial charge in [-0.3, -0.25) is 14.3 Å². The number of benzene rings is 1. The van der Waals surface area contributed by atoms with Crippen molar-refractivity contribution in [1.82, 2.24) is 15.1 Å². The lowest BCUT2D eigenvalue weighted by Crippen LogP contribution is -2.42. The molecule has 0 radical (unpaired) electrons. The van der Waals surface area contributed by atoms with Gasteiger partial charge in [-0.2, -0.15) is 5.10 Å². The van der Waals surface area contributed by atoms with Crippen LogP contribution in [0, 0.1) is 0 Å². The Kier molecular flexibility index (Phi) is 4.79. The van der Waals surface area contributed by atoms with Crippen LogP contribution in [0.25, 0.3) is 0 Å². The molecule has 0 aliphatic carbocycles. The first-order chi connectivity index (χ1) is 11.6. The van der Waals surface area contributed by atoms with Gasteiger partial charge in [0.15, 0.2) is 6.61 Å². The number of rotatable bonds is 6. The third-order valence-electron chi connectivity index (χ3n) is 3.80. The Morgan fingerprint density at radius 2 is 2.21 bits per heavy atom. The van der Waals surface area contributed by atoms with Crippen molar-refractivity contribution in [2.75, 3.05) is 18.1 Å². The number of aromatic nitrogens is 2. The summed E-state index contributed by atoms with van der Waals surface area (Å²) in [4.78, 5) is 25.8. The van der Waals surface area contributed by atoms with Gasteiger partial charge < -0.3 is 15.0 Å². The van der Waals surface area contributed by atoms with Gasteiger partial charge in [-0.15, -0.1) is 0 Å². The van der Waals surface area contributed by atoms with Crippen molar-refractivity contribution >= 4 is 17.5 Å². The molecule has 1 aliphatic rings. The average Bonchev–Trinajstić information content (AvgIpc) is 3.06. The minimum Gasteiger partial charge on any atom is -0.482 e. The topological polar surface area (TPSA) is 76.5 Å². The van der Waals surface area contributed by atoms with Crippen LogP contribution >= 0.6 is 0 Å². The summed E-state index contributed by atoms with van der Waals surface area (Å²) in [6.07, 6.45) is 3.80. The van der Waals surface area contributed by atoms with Gasteiger partial charge in [0.25, 0.3) is 5.91 Å². The zero-order chi connectivity index (χ0) is 16.9. The third-order valence-corrected chi connectivity index (χ3v) is 3.80. The van der Waals surface area contributed by atoms with Gasteiger partial charge in [-0.25, -0.2) is 0 Å². The predicted molar refractivity (Wildman–Crippen MR) is 88.7 cm³/mol. The van der Waals surface area contributed by atoms with E-state index in [2.05, 4.69) is 10.4 Å². The molecule has 1 aliphatic heterocycles. The summed E-state index contributed by atoms with van der Waals surface area (Å²) in [6.45, 7) is 2.88. The second kappa shape index (κ2) is 7.16. The number of amides is 2. The Bertz CT molecular complexity index is 714. The average molecular weight is 328 g/mol. The van der Waals surface area contributed by atoms with Crippen molar-refractivity contribution < 1.29 is 14.3 Å².